The predicted molar refractivity (Wildman–Crippen MR) is 96.7 cm³/mol. The summed E-state index contributed by atoms with van der Waals surface area (Å²) in [4.78, 5) is 12.3. The Kier molecular flexibility index (Phi) is 5.53. The number of carbonyl (C=O) groups excluding carboxylic acids is 1. The summed E-state index contributed by atoms with van der Waals surface area (Å²) in [5.74, 6) is -0.648. The molecule has 1 atom stereocenters. The van der Waals surface area contributed by atoms with E-state index in [1.54, 1.807) is 24.3 Å². The van der Waals surface area contributed by atoms with Gasteiger partial charge in [0, 0.05) is 5.02 Å². The van der Waals surface area contributed by atoms with Gasteiger partial charge in [-0.05, 0) is 36.8 Å². The first-order valence-corrected chi connectivity index (χ1v) is 8.39. The summed E-state index contributed by atoms with van der Waals surface area (Å²) in [6.07, 6.45) is 0. The average molecular weight is 374 g/mol. The number of hydrogen-bond donors (Lipinski definition) is 2. The van der Waals surface area contributed by atoms with E-state index in [-0.39, 0.29) is 30.0 Å². The van der Waals surface area contributed by atoms with E-state index in [1.165, 1.54) is 12.1 Å². The lowest BCUT2D eigenvalue weighted by Crippen LogP contribution is -2.27. The number of halogens is 2. The standard InChI is InChI=1S/C19H17ClFN3O2/c1-12(14-6-2-3-7-15(14)20)22-19(25)17-10-13(23-24-17)11-26-18-9-5-4-8-16(18)21/h2-10,12H,11H2,1H3,(H,22,25)(H,23,24)/t12-/m0/s1. The van der Waals surface area contributed by atoms with Crippen molar-refractivity contribution < 1.29 is 13.9 Å². The van der Waals surface area contributed by atoms with Crippen molar-refractivity contribution in [3.8, 4) is 5.75 Å². The molecule has 1 aromatic heterocycles. The molecule has 0 aliphatic rings. The molecule has 0 radical (unpaired) electrons. The number of nitrogens with one attached hydrogen (secondary N) is 2. The van der Waals surface area contributed by atoms with E-state index < -0.39 is 5.82 Å². The van der Waals surface area contributed by atoms with Crippen molar-refractivity contribution in [2.45, 2.75) is 19.6 Å². The molecule has 3 aromatic rings. The van der Waals surface area contributed by atoms with Gasteiger partial charge in [-0.1, -0.05) is 41.9 Å². The number of carbonyl (C=O) groups is 1. The van der Waals surface area contributed by atoms with E-state index in [0.717, 1.165) is 5.56 Å². The molecule has 0 unspecified atom stereocenters. The monoisotopic (exact) mass is 373 g/mol. The largest absolute Gasteiger partial charge is 0.484 e. The molecule has 134 valence electrons. The lowest BCUT2D eigenvalue weighted by atomic mass is 10.1. The van der Waals surface area contributed by atoms with Crippen molar-refractivity contribution >= 4 is 17.5 Å². The SMILES string of the molecule is C[C@H](NC(=O)c1cc(COc2ccccc2F)[nH]n1)c1ccccc1Cl. The van der Waals surface area contributed by atoms with Crippen LogP contribution in [0, 0.1) is 5.82 Å². The van der Waals surface area contributed by atoms with Gasteiger partial charge in [0.05, 0.1) is 11.7 Å². The predicted octanol–water partition coefficient (Wildman–Crippen LogP) is 4.27. The Morgan fingerprint density at radius 2 is 2.00 bits per heavy atom. The van der Waals surface area contributed by atoms with Crippen LogP contribution >= 0.6 is 11.6 Å². The maximum absolute atomic E-state index is 13.5. The third-order valence-corrected chi connectivity index (χ3v) is 4.15. The van der Waals surface area contributed by atoms with Crippen LogP contribution in [-0.4, -0.2) is 16.1 Å². The molecule has 2 N–H and O–H groups in total. The molecule has 0 saturated heterocycles. The van der Waals surface area contributed by atoms with E-state index in [4.69, 9.17) is 16.3 Å². The van der Waals surface area contributed by atoms with Gasteiger partial charge in [-0.3, -0.25) is 9.89 Å². The highest BCUT2D eigenvalue weighted by molar-refractivity contribution is 6.31. The lowest BCUT2D eigenvalue weighted by molar-refractivity contribution is 0.0935. The van der Waals surface area contributed by atoms with Crippen molar-refractivity contribution in [3.05, 3.63) is 82.4 Å². The number of H-pyrrole nitrogens is 1. The van der Waals surface area contributed by atoms with Crippen LogP contribution < -0.4 is 10.1 Å². The molecule has 0 fully saturated rings. The van der Waals surface area contributed by atoms with Crippen molar-refractivity contribution in [2.24, 2.45) is 0 Å². The van der Waals surface area contributed by atoms with Crippen molar-refractivity contribution in [3.63, 3.8) is 0 Å². The maximum Gasteiger partial charge on any atom is 0.272 e. The number of aromatic nitrogens is 2. The third kappa shape index (κ3) is 4.21. The molecular formula is C19H17ClFN3O2. The highest BCUT2D eigenvalue weighted by Crippen LogP contribution is 2.22. The summed E-state index contributed by atoms with van der Waals surface area (Å²) in [5.41, 5.74) is 1.60. The Hall–Kier alpha value is -2.86. The molecule has 3 rings (SSSR count). The average Bonchev–Trinajstić information content (AvgIpc) is 3.10. The molecule has 0 aliphatic heterocycles. The normalized spacial score (nSPS) is 11.8. The molecule has 2 aromatic carbocycles. The molecule has 5 nitrogen and oxygen atoms in total. The molecule has 0 bridgehead atoms. The summed E-state index contributed by atoms with van der Waals surface area (Å²) in [5, 5.41) is 10.1. The number of amides is 1. The van der Waals surface area contributed by atoms with Gasteiger partial charge >= 0.3 is 0 Å². The first-order chi connectivity index (χ1) is 12.5. The molecule has 0 spiro atoms. The minimum absolute atomic E-state index is 0.0707. The zero-order valence-corrected chi connectivity index (χ0v) is 14.8. The Bertz CT molecular complexity index is 913. The minimum atomic E-state index is -0.446. The second kappa shape index (κ2) is 8.01. The van der Waals surface area contributed by atoms with Gasteiger partial charge in [0.2, 0.25) is 0 Å². The van der Waals surface area contributed by atoms with Crippen molar-refractivity contribution in [2.75, 3.05) is 0 Å². The van der Waals surface area contributed by atoms with Gasteiger partial charge in [0.15, 0.2) is 11.6 Å². The van der Waals surface area contributed by atoms with Gasteiger partial charge in [-0.15, -0.1) is 0 Å². The van der Waals surface area contributed by atoms with E-state index >= 15 is 0 Å². The fourth-order valence-electron chi connectivity index (χ4n) is 2.44. The Labute approximate surface area is 155 Å². The van der Waals surface area contributed by atoms with Crippen LogP contribution in [0.1, 0.15) is 34.7 Å². The van der Waals surface area contributed by atoms with Gasteiger partial charge in [-0.25, -0.2) is 4.39 Å². The second-order valence-electron chi connectivity index (χ2n) is 5.71. The first-order valence-electron chi connectivity index (χ1n) is 8.01. The van der Waals surface area contributed by atoms with Crippen LogP contribution in [0.25, 0.3) is 0 Å². The third-order valence-electron chi connectivity index (χ3n) is 3.80. The van der Waals surface area contributed by atoms with Crippen LogP contribution in [0.2, 0.25) is 5.02 Å². The Balaban J connectivity index is 1.61. The lowest BCUT2D eigenvalue weighted by Gasteiger charge is -2.14. The highest BCUT2D eigenvalue weighted by Gasteiger charge is 2.16. The summed E-state index contributed by atoms with van der Waals surface area (Å²) in [7, 11) is 0. The Morgan fingerprint density at radius 1 is 1.27 bits per heavy atom. The number of ether oxygens (including phenoxy) is 1. The molecule has 0 aliphatic carbocycles. The molecule has 0 saturated carbocycles. The first kappa shape index (κ1) is 17.9. The van der Waals surface area contributed by atoms with Crippen molar-refractivity contribution in [1.82, 2.24) is 15.5 Å². The number of aromatic amines is 1. The molecular weight excluding hydrogens is 357 g/mol. The van der Waals surface area contributed by atoms with Crippen LogP contribution in [0.4, 0.5) is 4.39 Å². The highest BCUT2D eigenvalue weighted by atomic mass is 35.5. The van der Waals surface area contributed by atoms with E-state index in [0.29, 0.717) is 10.7 Å². The van der Waals surface area contributed by atoms with Crippen LogP contribution in [-0.2, 0) is 6.61 Å². The number of nitrogens with zero attached hydrogens (tertiary/aromatic N) is 1. The fraction of sp³-hybridized carbons (Fsp3) is 0.158. The molecule has 26 heavy (non-hydrogen) atoms. The fourth-order valence-corrected chi connectivity index (χ4v) is 2.74. The molecule has 1 heterocycles. The van der Waals surface area contributed by atoms with E-state index in [2.05, 4.69) is 15.5 Å². The zero-order valence-electron chi connectivity index (χ0n) is 14.0. The Morgan fingerprint density at radius 3 is 2.77 bits per heavy atom. The maximum atomic E-state index is 13.5. The van der Waals surface area contributed by atoms with Gasteiger partial charge in [-0.2, -0.15) is 5.10 Å². The van der Waals surface area contributed by atoms with Gasteiger partial charge in [0.1, 0.15) is 12.3 Å². The summed E-state index contributed by atoms with van der Waals surface area (Å²) >= 11 is 6.14. The number of para-hydroxylation sites is 1. The van der Waals surface area contributed by atoms with Crippen LogP contribution in [0.5, 0.6) is 5.75 Å². The van der Waals surface area contributed by atoms with E-state index in [9.17, 15) is 9.18 Å². The summed E-state index contributed by atoms with van der Waals surface area (Å²) < 4.78 is 18.9. The number of benzene rings is 2. The quantitative estimate of drug-likeness (QED) is 0.678. The minimum Gasteiger partial charge on any atom is -0.484 e. The summed E-state index contributed by atoms with van der Waals surface area (Å²) in [6, 6.07) is 14.7. The van der Waals surface area contributed by atoms with Gasteiger partial charge < -0.3 is 10.1 Å². The topological polar surface area (TPSA) is 67.0 Å². The second-order valence-corrected chi connectivity index (χ2v) is 6.12. The van der Waals surface area contributed by atoms with Gasteiger partial charge in [0.25, 0.3) is 5.91 Å². The number of hydrogen-bond acceptors (Lipinski definition) is 3. The van der Waals surface area contributed by atoms with E-state index in [1.807, 2.05) is 25.1 Å². The molecule has 1 amide bonds. The zero-order chi connectivity index (χ0) is 18.5. The molecule has 7 heteroatoms. The van der Waals surface area contributed by atoms with Crippen LogP contribution in [0.3, 0.4) is 0 Å². The van der Waals surface area contributed by atoms with Crippen molar-refractivity contribution in [1.29, 1.82) is 0 Å². The smallest absolute Gasteiger partial charge is 0.272 e. The van der Waals surface area contributed by atoms with Crippen LogP contribution in [0.15, 0.2) is 54.6 Å². The summed E-state index contributed by atoms with van der Waals surface area (Å²) in [6.45, 7) is 1.91. The number of rotatable bonds is 6.